The van der Waals surface area contributed by atoms with Crippen LogP contribution in [0.15, 0.2) is 12.1 Å². The lowest BCUT2D eigenvalue weighted by molar-refractivity contribution is 0.0595. The molecule has 0 atom stereocenters. The van der Waals surface area contributed by atoms with Gasteiger partial charge in [0, 0.05) is 13.5 Å². The number of carbonyl (C=O) groups excluding carboxylic acids is 1. The largest absolute Gasteiger partial charge is 0.490 e. The number of esters is 1. The van der Waals surface area contributed by atoms with Gasteiger partial charge in [0.2, 0.25) is 0 Å². The highest BCUT2D eigenvalue weighted by Crippen LogP contribution is 2.35. The number of benzene rings is 1. The van der Waals surface area contributed by atoms with E-state index in [1.807, 2.05) is 6.07 Å². The first-order chi connectivity index (χ1) is 8.76. The minimum atomic E-state index is -0.435. The van der Waals surface area contributed by atoms with Crippen molar-refractivity contribution in [2.45, 2.75) is 13.0 Å². The van der Waals surface area contributed by atoms with Gasteiger partial charge < -0.3 is 18.9 Å². The molecule has 0 fully saturated rings. The van der Waals surface area contributed by atoms with Gasteiger partial charge in [-0.3, -0.25) is 0 Å². The molecule has 1 aliphatic heterocycles. The first-order valence-corrected chi connectivity index (χ1v) is 5.76. The molecule has 0 aromatic heterocycles. The number of carbonyl (C=O) groups is 1. The lowest BCUT2D eigenvalue weighted by Gasteiger charge is -2.13. The Morgan fingerprint density at radius 2 is 2.06 bits per heavy atom. The molecule has 1 heterocycles. The third-order valence-corrected chi connectivity index (χ3v) is 2.62. The van der Waals surface area contributed by atoms with E-state index in [0.717, 1.165) is 12.0 Å². The van der Waals surface area contributed by atoms with E-state index in [1.54, 1.807) is 13.2 Å². The van der Waals surface area contributed by atoms with Crippen molar-refractivity contribution in [1.82, 2.24) is 0 Å². The van der Waals surface area contributed by atoms with Crippen molar-refractivity contribution in [2.24, 2.45) is 0 Å². The topological polar surface area (TPSA) is 54.0 Å². The maximum absolute atomic E-state index is 11.8. The Kier molecular flexibility index (Phi) is 4.04. The summed E-state index contributed by atoms with van der Waals surface area (Å²) in [5.74, 6) is 0.594. The van der Waals surface area contributed by atoms with Gasteiger partial charge in [-0.1, -0.05) is 0 Å². The minimum absolute atomic E-state index is 0.379. The van der Waals surface area contributed by atoms with Crippen molar-refractivity contribution >= 4 is 5.97 Å². The zero-order valence-electron chi connectivity index (χ0n) is 10.5. The van der Waals surface area contributed by atoms with E-state index in [4.69, 9.17) is 18.9 Å². The summed E-state index contributed by atoms with van der Waals surface area (Å²) in [6, 6.07) is 3.54. The molecule has 5 heteroatoms. The molecule has 0 saturated heterocycles. The van der Waals surface area contributed by atoms with Gasteiger partial charge in [0.25, 0.3) is 0 Å². The molecular formula is C13H16O5. The Morgan fingerprint density at radius 3 is 2.78 bits per heavy atom. The van der Waals surface area contributed by atoms with E-state index >= 15 is 0 Å². The zero-order valence-corrected chi connectivity index (χ0v) is 10.5. The van der Waals surface area contributed by atoms with Crippen molar-refractivity contribution in [3.63, 3.8) is 0 Å². The molecule has 0 aliphatic carbocycles. The second kappa shape index (κ2) is 5.73. The summed E-state index contributed by atoms with van der Waals surface area (Å²) in [5.41, 5.74) is 1.23. The monoisotopic (exact) mass is 252 g/mol. The van der Waals surface area contributed by atoms with Crippen LogP contribution in [-0.2, 0) is 16.1 Å². The fourth-order valence-corrected chi connectivity index (χ4v) is 1.84. The molecule has 5 nitrogen and oxygen atoms in total. The smallest absolute Gasteiger partial charge is 0.341 e. The predicted molar refractivity (Wildman–Crippen MR) is 64.1 cm³/mol. The molecule has 0 saturated carbocycles. The average Bonchev–Trinajstić information content (AvgIpc) is 2.62. The summed E-state index contributed by atoms with van der Waals surface area (Å²) in [7, 11) is 2.94. The van der Waals surface area contributed by atoms with Crippen LogP contribution in [0.2, 0.25) is 0 Å². The van der Waals surface area contributed by atoms with E-state index in [9.17, 15) is 4.79 Å². The molecule has 0 spiro atoms. The number of fused-ring (bicyclic) bond motifs is 1. The van der Waals surface area contributed by atoms with E-state index < -0.39 is 5.97 Å². The summed E-state index contributed by atoms with van der Waals surface area (Å²) in [4.78, 5) is 11.8. The van der Waals surface area contributed by atoms with Crippen molar-refractivity contribution in [3.8, 4) is 11.5 Å². The highest BCUT2D eigenvalue weighted by Gasteiger charge is 2.21. The number of methoxy groups -OCH3 is 2. The number of rotatable bonds is 3. The summed E-state index contributed by atoms with van der Waals surface area (Å²) in [6.07, 6.45) is 0.787. The van der Waals surface area contributed by atoms with Crippen LogP contribution in [0.1, 0.15) is 22.3 Å². The van der Waals surface area contributed by atoms with Gasteiger partial charge in [-0.05, 0) is 17.7 Å². The Morgan fingerprint density at radius 1 is 1.28 bits per heavy atom. The van der Waals surface area contributed by atoms with Crippen molar-refractivity contribution in [3.05, 3.63) is 23.3 Å². The zero-order chi connectivity index (χ0) is 13.0. The van der Waals surface area contributed by atoms with E-state index in [2.05, 4.69) is 0 Å². The lowest BCUT2D eigenvalue weighted by Crippen LogP contribution is -2.07. The summed E-state index contributed by atoms with van der Waals surface area (Å²) in [6.45, 7) is 1.51. The van der Waals surface area contributed by atoms with Gasteiger partial charge in [0.05, 0.1) is 26.9 Å². The predicted octanol–water partition coefficient (Wildman–Crippen LogP) is 1.78. The molecule has 0 N–H and O–H groups in total. The minimum Gasteiger partial charge on any atom is -0.490 e. The van der Waals surface area contributed by atoms with Crippen LogP contribution in [0, 0.1) is 0 Å². The Hall–Kier alpha value is -1.75. The Bertz CT molecular complexity index is 441. The van der Waals surface area contributed by atoms with Crippen LogP contribution in [0.3, 0.4) is 0 Å². The first kappa shape index (κ1) is 12.7. The first-order valence-electron chi connectivity index (χ1n) is 5.76. The maximum atomic E-state index is 11.8. The van der Waals surface area contributed by atoms with Crippen LogP contribution >= 0.6 is 0 Å². The van der Waals surface area contributed by atoms with Crippen LogP contribution in [0.5, 0.6) is 11.5 Å². The van der Waals surface area contributed by atoms with Gasteiger partial charge in [0.15, 0.2) is 11.5 Å². The number of hydrogen-bond acceptors (Lipinski definition) is 5. The van der Waals surface area contributed by atoms with Crippen molar-refractivity contribution < 1.29 is 23.7 Å². The molecule has 0 bridgehead atoms. The molecule has 0 radical (unpaired) electrons. The van der Waals surface area contributed by atoms with E-state index in [-0.39, 0.29) is 0 Å². The molecular weight excluding hydrogens is 236 g/mol. The number of ether oxygens (including phenoxy) is 4. The van der Waals surface area contributed by atoms with Gasteiger partial charge in [-0.2, -0.15) is 0 Å². The lowest BCUT2D eigenvalue weighted by atomic mass is 10.1. The van der Waals surface area contributed by atoms with Gasteiger partial charge in [0.1, 0.15) is 5.56 Å². The highest BCUT2D eigenvalue weighted by molar-refractivity contribution is 5.93. The second-order valence-electron chi connectivity index (χ2n) is 3.95. The molecule has 1 aromatic rings. The fourth-order valence-electron chi connectivity index (χ4n) is 1.84. The van der Waals surface area contributed by atoms with Crippen LogP contribution in [-0.4, -0.2) is 33.4 Å². The number of hydrogen-bond donors (Lipinski definition) is 0. The average molecular weight is 252 g/mol. The molecule has 1 aromatic carbocycles. The summed E-state index contributed by atoms with van der Waals surface area (Å²) >= 11 is 0. The molecule has 2 rings (SSSR count). The summed E-state index contributed by atoms with van der Waals surface area (Å²) in [5, 5.41) is 0. The van der Waals surface area contributed by atoms with Crippen molar-refractivity contribution in [1.29, 1.82) is 0 Å². The van der Waals surface area contributed by atoms with Gasteiger partial charge in [-0.25, -0.2) is 4.79 Å². The van der Waals surface area contributed by atoms with Crippen LogP contribution in [0.25, 0.3) is 0 Å². The third-order valence-electron chi connectivity index (χ3n) is 2.62. The standard InChI is InChI=1S/C13H16O5/c1-15-8-9-6-10(13(14)16-2)12-11(7-9)17-4-3-5-18-12/h6-7H,3-5,8H2,1-2H3. The van der Waals surface area contributed by atoms with Gasteiger partial charge >= 0.3 is 5.97 Å². The molecule has 1 aliphatic rings. The van der Waals surface area contributed by atoms with Gasteiger partial charge in [-0.15, -0.1) is 0 Å². The second-order valence-corrected chi connectivity index (χ2v) is 3.95. The quantitative estimate of drug-likeness (QED) is 0.767. The maximum Gasteiger partial charge on any atom is 0.341 e. The normalized spacial score (nSPS) is 13.9. The molecule has 98 valence electrons. The Balaban J connectivity index is 2.47. The highest BCUT2D eigenvalue weighted by atomic mass is 16.5. The SMILES string of the molecule is COCc1cc2c(c(C(=O)OC)c1)OCCCO2. The molecule has 18 heavy (non-hydrogen) atoms. The Labute approximate surface area is 106 Å². The third kappa shape index (κ3) is 2.56. The van der Waals surface area contributed by atoms with Crippen LogP contribution in [0.4, 0.5) is 0 Å². The molecule has 0 amide bonds. The van der Waals surface area contributed by atoms with E-state index in [1.165, 1.54) is 7.11 Å². The van der Waals surface area contributed by atoms with E-state index in [0.29, 0.717) is 36.9 Å². The van der Waals surface area contributed by atoms with Crippen molar-refractivity contribution in [2.75, 3.05) is 27.4 Å². The fraction of sp³-hybridized carbons (Fsp3) is 0.462. The molecule has 0 unspecified atom stereocenters. The van der Waals surface area contributed by atoms with Crippen LogP contribution < -0.4 is 9.47 Å². The summed E-state index contributed by atoms with van der Waals surface area (Å²) < 4.78 is 21.0.